The van der Waals surface area contributed by atoms with Crippen LogP contribution in [0, 0.1) is 0 Å². The van der Waals surface area contributed by atoms with Crippen LogP contribution in [0.1, 0.15) is 40.9 Å². The lowest BCUT2D eigenvalue weighted by atomic mass is 9.96. The Bertz CT molecular complexity index is 740. The van der Waals surface area contributed by atoms with Crippen molar-refractivity contribution in [2.24, 2.45) is 0 Å². The van der Waals surface area contributed by atoms with Gasteiger partial charge in [-0.2, -0.15) is 13.2 Å². The maximum absolute atomic E-state index is 12.5. The molecule has 2 heterocycles. The first-order valence-corrected chi connectivity index (χ1v) is 8.10. The summed E-state index contributed by atoms with van der Waals surface area (Å²) in [4.78, 5) is 14.2. The molecular weight excluding hydrogens is 391 g/mol. The molecule has 0 aliphatic carbocycles. The molecule has 1 aromatic heterocycles. The van der Waals surface area contributed by atoms with Gasteiger partial charge >= 0.3 is 12.1 Å². The van der Waals surface area contributed by atoms with Gasteiger partial charge in [0, 0.05) is 23.5 Å². The minimum atomic E-state index is -4.64. The molecule has 0 bridgehead atoms. The number of hydrogen-bond acceptors (Lipinski definition) is 4. The van der Waals surface area contributed by atoms with Crippen LogP contribution in [-0.4, -0.2) is 34.1 Å². The molecule has 0 N–H and O–H groups in total. The van der Waals surface area contributed by atoms with Crippen molar-refractivity contribution in [3.05, 3.63) is 46.1 Å². The van der Waals surface area contributed by atoms with Gasteiger partial charge in [0.1, 0.15) is 0 Å². The van der Waals surface area contributed by atoms with Gasteiger partial charge in [-0.3, -0.25) is 4.79 Å². The summed E-state index contributed by atoms with van der Waals surface area (Å²) >= 11 is 3.35. The fraction of sp³-hybridized carbons (Fsp3) is 0.400. The number of alkyl halides is 3. The van der Waals surface area contributed by atoms with Crippen molar-refractivity contribution in [2.45, 2.75) is 24.9 Å². The van der Waals surface area contributed by atoms with Crippen LogP contribution in [0.4, 0.5) is 13.2 Å². The molecule has 0 radical (unpaired) electrons. The Morgan fingerprint density at radius 2 is 1.88 bits per heavy atom. The summed E-state index contributed by atoms with van der Waals surface area (Å²) in [6, 6.07) is 7.12. The Hall–Kier alpha value is -1.90. The molecule has 1 aliphatic heterocycles. The van der Waals surface area contributed by atoms with Crippen molar-refractivity contribution in [3.63, 3.8) is 0 Å². The Kier molecular flexibility index (Phi) is 4.62. The van der Waals surface area contributed by atoms with Crippen molar-refractivity contribution < 1.29 is 22.4 Å². The highest BCUT2D eigenvalue weighted by atomic mass is 79.9. The van der Waals surface area contributed by atoms with E-state index in [2.05, 4.69) is 26.1 Å². The van der Waals surface area contributed by atoms with E-state index >= 15 is 0 Å². The maximum atomic E-state index is 12.5. The summed E-state index contributed by atoms with van der Waals surface area (Å²) in [6.45, 7) is 0.850. The number of hydrogen-bond donors (Lipinski definition) is 0. The Balaban J connectivity index is 1.65. The molecule has 1 amide bonds. The lowest BCUT2D eigenvalue weighted by Gasteiger charge is -2.30. The summed E-state index contributed by atoms with van der Waals surface area (Å²) < 4.78 is 43.0. The molecule has 0 atom stereocenters. The van der Waals surface area contributed by atoms with Gasteiger partial charge in [-0.25, -0.2) is 0 Å². The molecule has 1 aromatic carbocycles. The molecule has 9 heteroatoms. The Labute approximate surface area is 144 Å². The molecule has 5 nitrogen and oxygen atoms in total. The number of carbonyl (C=O) groups excluding carboxylic acids is 1. The van der Waals surface area contributed by atoms with E-state index in [1.165, 1.54) is 0 Å². The van der Waals surface area contributed by atoms with E-state index in [9.17, 15) is 18.0 Å². The van der Waals surface area contributed by atoms with Crippen molar-refractivity contribution >= 4 is 21.8 Å². The summed E-state index contributed by atoms with van der Waals surface area (Å²) in [5.74, 6) is -1.72. The summed E-state index contributed by atoms with van der Waals surface area (Å²) in [5.41, 5.74) is 0.563. The quantitative estimate of drug-likeness (QED) is 0.763. The van der Waals surface area contributed by atoms with Crippen LogP contribution < -0.4 is 0 Å². The van der Waals surface area contributed by atoms with Crippen LogP contribution in [0.5, 0.6) is 0 Å². The highest BCUT2D eigenvalue weighted by Gasteiger charge is 2.39. The number of nitrogens with zero attached hydrogens (tertiary/aromatic N) is 3. The van der Waals surface area contributed by atoms with Crippen molar-refractivity contribution in [1.29, 1.82) is 0 Å². The van der Waals surface area contributed by atoms with Crippen LogP contribution in [0.25, 0.3) is 0 Å². The number of benzene rings is 1. The van der Waals surface area contributed by atoms with Crippen molar-refractivity contribution in [2.75, 3.05) is 13.1 Å². The number of aromatic nitrogens is 2. The number of likely N-dealkylation sites (tertiary alicyclic amines) is 1. The van der Waals surface area contributed by atoms with E-state index < -0.39 is 12.1 Å². The van der Waals surface area contributed by atoms with Crippen LogP contribution in [-0.2, 0) is 6.18 Å². The fourth-order valence-corrected chi connectivity index (χ4v) is 3.10. The zero-order valence-electron chi connectivity index (χ0n) is 12.4. The molecule has 2 aromatic rings. The van der Waals surface area contributed by atoms with Crippen molar-refractivity contribution in [3.8, 4) is 0 Å². The van der Waals surface area contributed by atoms with E-state index in [-0.39, 0.29) is 17.7 Å². The zero-order valence-corrected chi connectivity index (χ0v) is 14.0. The van der Waals surface area contributed by atoms with E-state index in [1.807, 2.05) is 6.07 Å². The first-order valence-electron chi connectivity index (χ1n) is 7.30. The summed E-state index contributed by atoms with van der Waals surface area (Å²) in [6.07, 6.45) is -3.67. The molecule has 0 spiro atoms. The predicted octanol–water partition coefficient (Wildman–Crippen LogP) is 3.87. The second-order valence-electron chi connectivity index (χ2n) is 5.49. The first kappa shape index (κ1) is 16.9. The van der Waals surface area contributed by atoms with E-state index in [0.29, 0.717) is 36.0 Å². The number of piperidine rings is 1. The van der Waals surface area contributed by atoms with Crippen LogP contribution in [0.15, 0.2) is 33.2 Å². The number of carbonyl (C=O) groups is 1. The van der Waals surface area contributed by atoms with Gasteiger partial charge in [-0.05, 0) is 40.9 Å². The monoisotopic (exact) mass is 403 g/mol. The SMILES string of the molecule is O=C(c1ccccc1Br)N1CCC(c2nnc(C(F)(F)F)o2)CC1. The molecule has 0 unspecified atom stereocenters. The summed E-state index contributed by atoms with van der Waals surface area (Å²) in [5, 5.41) is 6.55. The van der Waals surface area contributed by atoms with Crippen molar-refractivity contribution in [1.82, 2.24) is 15.1 Å². The van der Waals surface area contributed by atoms with Gasteiger partial charge in [-0.15, -0.1) is 10.2 Å². The highest BCUT2D eigenvalue weighted by molar-refractivity contribution is 9.10. The molecule has 1 fully saturated rings. The third kappa shape index (κ3) is 3.45. The normalized spacial score (nSPS) is 16.4. The minimum absolute atomic E-state index is 0.0182. The van der Waals surface area contributed by atoms with E-state index in [4.69, 9.17) is 4.42 Å². The second kappa shape index (κ2) is 6.54. The minimum Gasteiger partial charge on any atom is -0.417 e. The van der Waals surface area contributed by atoms with Gasteiger partial charge < -0.3 is 9.32 Å². The molecule has 3 rings (SSSR count). The van der Waals surface area contributed by atoms with Gasteiger partial charge in [0.25, 0.3) is 5.91 Å². The zero-order chi connectivity index (χ0) is 17.3. The predicted molar refractivity (Wildman–Crippen MR) is 81.3 cm³/mol. The maximum Gasteiger partial charge on any atom is 0.470 e. The Morgan fingerprint density at radius 3 is 2.46 bits per heavy atom. The van der Waals surface area contributed by atoms with E-state index in [1.54, 1.807) is 23.1 Å². The molecule has 128 valence electrons. The molecule has 0 saturated carbocycles. The number of rotatable bonds is 2. The molecule has 1 aliphatic rings. The lowest BCUT2D eigenvalue weighted by molar-refractivity contribution is -0.157. The van der Waals surface area contributed by atoms with Crippen LogP contribution in [0.3, 0.4) is 0 Å². The standard InChI is InChI=1S/C15H13BrF3N3O2/c16-11-4-2-1-3-10(11)13(23)22-7-5-9(6-8-22)12-20-21-14(24-12)15(17,18)19/h1-4,9H,5-8H2. The van der Waals surface area contributed by atoms with Gasteiger partial charge in [0.05, 0.1) is 5.56 Å². The number of halogens is 4. The summed E-state index contributed by atoms with van der Waals surface area (Å²) in [7, 11) is 0. The van der Waals surface area contributed by atoms with Crippen LogP contribution in [0.2, 0.25) is 0 Å². The third-order valence-electron chi connectivity index (χ3n) is 3.92. The van der Waals surface area contributed by atoms with Gasteiger partial charge in [-0.1, -0.05) is 12.1 Å². The largest absolute Gasteiger partial charge is 0.470 e. The molecule has 1 saturated heterocycles. The van der Waals surface area contributed by atoms with E-state index in [0.717, 1.165) is 0 Å². The van der Waals surface area contributed by atoms with Crippen LogP contribution >= 0.6 is 15.9 Å². The first-order chi connectivity index (χ1) is 11.4. The third-order valence-corrected chi connectivity index (χ3v) is 4.61. The fourth-order valence-electron chi connectivity index (χ4n) is 2.65. The second-order valence-corrected chi connectivity index (χ2v) is 6.34. The average Bonchev–Trinajstić information content (AvgIpc) is 3.05. The van der Waals surface area contributed by atoms with Gasteiger partial charge in [0.15, 0.2) is 0 Å². The Morgan fingerprint density at radius 1 is 1.21 bits per heavy atom. The lowest BCUT2D eigenvalue weighted by Crippen LogP contribution is -2.38. The molecular formula is C15H13BrF3N3O2. The molecule has 24 heavy (non-hydrogen) atoms. The highest BCUT2D eigenvalue weighted by Crippen LogP contribution is 2.33. The van der Waals surface area contributed by atoms with Gasteiger partial charge in [0.2, 0.25) is 5.89 Å². The smallest absolute Gasteiger partial charge is 0.417 e. The topological polar surface area (TPSA) is 59.2 Å². The number of amides is 1. The average molecular weight is 404 g/mol.